The minimum atomic E-state index is -0.116. The van der Waals surface area contributed by atoms with Gasteiger partial charge in [-0.3, -0.25) is 9.59 Å². The van der Waals surface area contributed by atoms with Crippen molar-refractivity contribution in [3.63, 3.8) is 0 Å². The fraction of sp³-hybridized carbons (Fsp3) is 0.333. The number of hydrogen-bond donors (Lipinski definition) is 2. The second-order valence-corrected chi connectivity index (χ2v) is 7.11. The first kappa shape index (κ1) is 19.7. The van der Waals surface area contributed by atoms with Gasteiger partial charge in [0.25, 0.3) is 5.91 Å². The second kappa shape index (κ2) is 8.63. The van der Waals surface area contributed by atoms with E-state index in [9.17, 15) is 9.59 Å². The Hall–Kier alpha value is -2.66. The molecule has 2 rings (SSSR count). The highest BCUT2D eigenvalue weighted by atomic mass is 16.2. The maximum Gasteiger partial charge on any atom is 0.258 e. The average molecular weight is 353 g/mol. The van der Waals surface area contributed by atoms with Gasteiger partial charge in [0.05, 0.1) is 6.54 Å². The van der Waals surface area contributed by atoms with Crippen LogP contribution in [0, 0.1) is 0 Å². The predicted molar refractivity (Wildman–Crippen MR) is 107 cm³/mol. The molecule has 0 saturated heterocycles. The molecule has 0 bridgehead atoms. The Morgan fingerprint density at radius 1 is 0.962 bits per heavy atom. The van der Waals surface area contributed by atoms with Crippen molar-refractivity contribution in [2.75, 3.05) is 23.3 Å². The topological polar surface area (TPSA) is 61.4 Å². The number of nitrogens with one attached hydrogen (secondary N) is 2. The second-order valence-electron chi connectivity index (χ2n) is 7.11. The third-order valence-corrected chi connectivity index (χ3v) is 3.82. The lowest BCUT2D eigenvalue weighted by atomic mass is 10.1. The molecule has 138 valence electrons. The molecule has 2 aromatic rings. The van der Waals surface area contributed by atoms with Gasteiger partial charge in [0.2, 0.25) is 5.91 Å². The monoisotopic (exact) mass is 353 g/mol. The Morgan fingerprint density at radius 3 is 2.12 bits per heavy atom. The summed E-state index contributed by atoms with van der Waals surface area (Å²) in [5.41, 5.74) is 2.01. The van der Waals surface area contributed by atoms with Crippen molar-refractivity contribution in [2.24, 2.45) is 0 Å². The van der Waals surface area contributed by atoms with Crippen LogP contribution in [0.2, 0.25) is 0 Å². The van der Waals surface area contributed by atoms with E-state index < -0.39 is 0 Å². The normalized spacial score (nSPS) is 11.1. The molecular weight excluding hydrogens is 326 g/mol. The highest BCUT2D eigenvalue weighted by molar-refractivity contribution is 6.06. The number of benzene rings is 2. The molecule has 2 aromatic carbocycles. The Morgan fingerprint density at radius 2 is 1.58 bits per heavy atom. The zero-order valence-corrected chi connectivity index (χ0v) is 15.9. The maximum absolute atomic E-state index is 12.8. The predicted octanol–water partition coefficient (Wildman–Crippen LogP) is 3.68. The van der Waals surface area contributed by atoms with Crippen molar-refractivity contribution in [2.45, 2.75) is 33.2 Å². The van der Waals surface area contributed by atoms with E-state index in [2.05, 4.69) is 10.6 Å². The van der Waals surface area contributed by atoms with Crippen LogP contribution in [0.4, 0.5) is 11.4 Å². The number of hydrogen-bond acceptors (Lipinski definition) is 3. The van der Waals surface area contributed by atoms with Crippen molar-refractivity contribution in [3.8, 4) is 0 Å². The van der Waals surface area contributed by atoms with Gasteiger partial charge < -0.3 is 15.5 Å². The number of nitrogens with zero attached hydrogens (tertiary/aromatic N) is 1. The van der Waals surface area contributed by atoms with E-state index >= 15 is 0 Å². The first-order chi connectivity index (χ1) is 12.3. The van der Waals surface area contributed by atoms with Crippen molar-refractivity contribution in [1.82, 2.24) is 5.32 Å². The lowest BCUT2D eigenvalue weighted by Crippen LogP contribution is -2.41. The first-order valence-electron chi connectivity index (χ1n) is 8.82. The number of para-hydroxylation sites is 1. The fourth-order valence-corrected chi connectivity index (χ4v) is 2.45. The molecule has 0 atom stereocenters. The Bertz CT molecular complexity index is 734. The van der Waals surface area contributed by atoms with Crippen LogP contribution in [0.3, 0.4) is 0 Å². The smallest absolute Gasteiger partial charge is 0.258 e. The van der Waals surface area contributed by atoms with E-state index in [1.54, 1.807) is 29.2 Å². The Labute approximate surface area is 155 Å². The molecule has 0 fully saturated rings. The van der Waals surface area contributed by atoms with Crippen LogP contribution in [0.25, 0.3) is 0 Å². The molecule has 0 unspecified atom stereocenters. The van der Waals surface area contributed by atoms with E-state index in [1.807, 2.05) is 58.0 Å². The molecule has 0 radical (unpaired) electrons. The van der Waals surface area contributed by atoms with Gasteiger partial charge in [0.1, 0.15) is 0 Å². The lowest BCUT2D eigenvalue weighted by Gasteiger charge is -2.21. The van der Waals surface area contributed by atoms with E-state index in [1.165, 1.54) is 0 Å². The molecule has 5 heteroatoms. The zero-order valence-electron chi connectivity index (χ0n) is 15.9. The molecule has 2 N–H and O–H groups in total. The molecule has 0 saturated carbocycles. The van der Waals surface area contributed by atoms with Crippen molar-refractivity contribution < 1.29 is 9.59 Å². The summed E-state index contributed by atoms with van der Waals surface area (Å²) in [5, 5.41) is 5.97. The van der Waals surface area contributed by atoms with Gasteiger partial charge in [-0.2, -0.15) is 0 Å². The van der Waals surface area contributed by atoms with Gasteiger partial charge in [-0.05, 0) is 64.1 Å². The SMILES string of the molecule is CCN(C(=O)c1ccc(NC(=O)CNC(C)(C)C)cc1)c1ccccc1. The number of anilines is 2. The van der Waals surface area contributed by atoms with Crippen LogP contribution < -0.4 is 15.5 Å². The summed E-state index contributed by atoms with van der Waals surface area (Å²) < 4.78 is 0. The summed E-state index contributed by atoms with van der Waals surface area (Å²) in [6, 6.07) is 16.6. The minimum Gasteiger partial charge on any atom is -0.325 e. The van der Waals surface area contributed by atoms with Crippen molar-refractivity contribution in [1.29, 1.82) is 0 Å². The molecule has 0 heterocycles. The van der Waals surface area contributed by atoms with Crippen molar-refractivity contribution >= 4 is 23.2 Å². The molecule has 5 nitrogen and oxygen atoms in total. The molecule has 0 aliphatic rings. The van der Waals surface area contributed by atoms with E-state index in [-0.39, 0.29) is 23.9 Å². The standard InChI is InChI=1S/C21H27N3O2/c1-5-24(18-9-7-6-8-10-18)20(26)16-11-13-17(14-12-16)23-19(25)15-22-21(2,3)4/h6-14,22H,5,15H2,1-4H3,(H,23,25). The van der Waals surface area contributed by atoms with Crippen LogP contribution in [0.1, 0.15) is 38.1 Å². The minimum absolute atomic E-state index is 0.0639. The van der Waals surface area contributed by atoms with Crippen LogP contribution in [-0.2, 0) is 4.79 Å². The first-order valence-corrected chi connectivity index (χ1v) is 8.82. The van der Waals surface area contributed by atoms with Gasteiger partial charge in [0.15, 0.2) is 0 Å². The molecule has 0 aromatic heterocycles. The van der Waals surface area contributed by atoms with Gasteiger partial charge in [0, 0.05) is 29.0 Å². The number of carbonyl (C=O) groups is 2. The molecule has 2 amide bonds. The van der Waals surface area contributed by atoms with Gasteiger partial charge >= 0.3 is 0 Å². The molecule has 26 heavy (non-hydrogen) atoms. The number of rotatable bonds is 6. The number of amides is 2. The molecule has 0 aliphatic carbocycles. The quantitative estimate of drug-likeness (QED) is 0.833. The summed E-state index contributed by atoms with van der Waals surface area (Å²) in [6.07, 6.45) is 0. The van der Waals surface area contributed by atoms with Gasteiger partial charge in [-0.25, -0.2) is 0 Å². The largest absolute Gasteiger partial charge is 0.325 e. The Balaban J connectivity index is 2.02. The van der Waals surface area contributed by atoms with Crippen molar-refractivity contribution in [3.05, 3.63) is 60.2 Å². The average Bonchev–Trinajstić information content (AvgIpc) is 2.61. The fourth-order valence-electron chi connectivity index (χ4n) is 2.45. The summed E-state index contributed by atoms with van der Waals surface area (Å²) in [7, 11) is 0. The summed E-state index contributed by atoms with van der Waals surface area (Å²) >= 11 is 0. The third kappa shape index (κ3) is 5.70. The number of carbonyl (C=O) groups excluding carboxylic acids is 2. The van der Waals surface area contributed by atoms with E-state index in [4.69, 9.17) is 0 Å². The van der Waals surface area contributed by atoms with Crippen LogP contribution in [0.15, 0.2) is 54.6 Å². The maximum atomic E-state index is 12.8. The van der Waals surface area contributed by atoms with E-state index in [0.717, 1.165) is 5.69 Å². The lowest BCUT2D eigenvalue weighted by molar-refractivity contribution is -0.115. The van der Waals surface area contributed by atoms with Crippen LogP contribution >= 0.6 is 0 Å². The molecule has 0 aliphatic heterocycles. The Kier molecular flexibility index (Phi) is 6.52. The van der Waals surface area contributed by atoms with Gasteiger partial charge in [-0.15, -0.1) is 0 Å². The highest BCUT2D eigenvalue weighted by Gasteiger charge is 2.16. The summed E-state index contributed by atoms with van der Waals surface area (Å²) in [4.78, 5) is 26.4. The molecular formula is C21H27N3O2. The highest BCUT2D eigenvalue weighted by Crippen LogP contribution is 2.18. The zero-order chi connectivity index (χ0) is 19.2. The summed E-state index contributed by atoms with van der Waals surface area (Å²) in [5.74, 6) is -0.176. The third-order valence-electron chi connectivity index (χ3n) is 3.82. The van der Waals surface area contributed by atoms with E-state index in [0.29, 0.717) is 17.8 Å². The van der Waals surface area contributed by atoms with Gasteiger partial charge in [-0.1, -0.05) is 18.2 Å². The van der Waals surface area contributed by atoms with Crippen LogP contribution in [-0.4, -0.2) is 30.4 Å². The van der Waals surface area contributed by atoms with Crippen LogP contribution in [0.5, 0.6) is 0 Å². The summed E-state index contributed by atoms with van der Waals surface area (Å²) in [6.45, 7) is 8.79. The molecule has 0 spiro atoms.